The van der Waals surface area contributed by atoms with Crippen LogP contribution in [0.2, 0.25) is 0 Å². The Kier molecular flexibility index (Phi) is 6.14. The second-order valence-electron chi connectivity index (χ2n) is 6.29. The number of carbonyl (C=O) groups excluding carboxylic acids is 3. The van der Waals surface area contributed by atoms with E-state index < -0.39 is 23.8 Å². The van der Waals surface area contributed by atoms with Gasteiger partial charge in [0.05, 0.1) is 11.3 Å². The average molecular weight is 391 g/mol. The molecule has 3 aromatic carbocycles. The highest BCUT2D eigenvalue weighted by Gasteiger charge is 2.20. The van der Waals surface area contributed by atoms with E-state index >= 15 is 0 Å². The zero-order chi connectivity index (χ0) is 20.8. The number of halogens is 1. The summed E-state index contributed by atoms with van der Waals surface area (Å²) < 4.78 is 18.8. The normalized spacial score (nSPS) is 11.4. The van der Waals surface area contributed by atoms with E-state index in [-0.39, 0.29) is 17.0 Å². The summed E-state index contributed by atoms with van der Waals surface area (Å²) in [7, 11) is 0. The summed E-state index contributed by atoms with van der Waals surface area (Å²) in [6.45, 7) is 1.39. The van der Waals surface area contributed by atoms with Crippen molar-refractivity contribution in [1.82, 2.24) is 0 Å². The zero-order valence-corrected chi connectivity index (χ0v) is 15.6. The number of benzene rings is 3. The number of amides is 1. The first-order chi connectivity index (χ1) is 14.0. The molecule has 146 valence electrons. The van der Waals surface area contributed by atoms with E-state index in [0.717, 1.165) is 0 Å². The van der Waals surface area contributed by atoms with E-state index in [9.17, 15) is 18.8 Å². The van der Waals surface area contributed by atoms with Crippen molar-refractivity contribution in [3.05, 3.63) is 101 Å². The van der Waals surface area contributed by atoms with Gasteiger partial charge in [-0.2, -0.15) is 0 Å². The molecule has 0 aliphatic carbocycles. The van der Waals surface area contributed by atoms with Crippen LogP contribution in [0.1, 0.15) is 33.2 Å². The molecular weight excluding hydrogens is 373 g/mol. The van der Waals surface area contributed by atoms with Gasteiger partial charge in [0.25, 0.3) is 5.91 Å². The maximum atomic E-state index is 13.6. The van der Waals surface area contributed by atoms with Gasteiger partial charge >= 0.3 is 5.97 Å². The zero-order valence-electron chi connectivity index (χ0n) is 15.6. The molecule has 0 aliphatic heterocycles. The molecule has 6 heteroatoms. The number of nitrogens with one attached hydrogen (secondary N) is 1. The van der Waals surface area contributed by atoms with Gasteiger partial charge < -0.3 is 10.1 Å². The van der Waals surface area contributed by atoms with Gasteiger partial charge in [0, 0.05) is 11.1 Å². The van der Waals surface area contributed by atoms with Crippen LogP contribution in [0.25, 0.3) is 0 Å². The van der Waals surface area contributed by atoms with Crippen molar-refractivity contribution in [3.63, 3.8) is 0 Å². The average Bonchev–Trinajstić information content (AvgIpc) is 2.75. The molecule has 0 aromatic heterocycles. The minimum absolute atomic E-state index is 0.00387. The fourth-order valence-electron chi connectivity index (χ4n) is 2.59. The predicted octanol–water partition coefficient (Wildman–Crippen LogP) is 4.24. The molecule has 5 nitrogen and oxygen atoms in total. The van der Waals surface area contributed by atoms with Crippen molar-refractivity contribution in [1.29, 1.82) is 0 Å². The second-order valence-corrected chi connectivity index (χ2v) is 6.29. The van der Waals surface area contributed by atoms with Gasteiger partial charge in [-0.1, -0.05) is 54.6 Å². The van der Waals surface area contributed by atoms with Crippen molar-refractivity contribution < 1.29 is 23.5 Å². The fraction of sp³-hybridized carbons (Fsp3) is 0.0870. The van der Waals surface area contributed by atoms with Gasteiger partial charge in [-0.25, -0.2) is 9.18 Å². The third kappa shape index (κ3) is 4.93. The third-order valence-electron chi connectivity index (χ3n) is 4.20. The number of ketones is 1. The topological polar surface area (TPSA) is 72.5 Å². The third-order valence-corrected chi connectivity index (χ3v) is 4.20. The van der Waals surface area contributed by atoms with Crippen LogP contribution in [0.3, 0.4) is 0 Å². The van der Waals surface area contributed by atoms with E-state index in [1.165, 1.54) is 49.4 Å². The van der Waals surface area contributed by atoms with E-state index in [0.29, 0.717) is 11.1 Å². The lowest BCUT2D eigenvalue weighted by molar-refractivity contribution is -0.123. The largest absolute Gasteiger partial charge is 0.449 e. The molecule has 1 N–H and O–H groups in total. The lowest BCUT2D eigenvalue weighted by Crippen LogP contribution is -2.30. The number of ether oxygens (including phenoxy) is 1. The molecule has 0 heterocycles. The van der Waals surface area contributed by atoms with Crippen LogP contribution in [0.5, 0.6) is 0 Å². The summed E-state index contributed by atoms with van der Waals surface area (Å²) >= 11 is 0. The van der Waals surface area contributed by atoms with Crippen LogP contribution in [0.4, 0.5) is 10.1 Å². The Morgan fingerprint density at radius 3 is 2.00 bits per heavy atom. The molecule has 1 atom stereocenters. The number of anilines is 1. The Bertz CT molecular complexity index is 1030. The Hall–Kier alpha value is -3.80. The number of hydrogen-bond acceptors (Lipinski definition) is 4. The van der Waals surface area contributed by atoms with Gasteiger partial charge in [0.1, 0.15) is 5.82 Å². The molecule has 0 spiro atoms. The lowest BCUT2D eigenvalue weighted by atomic mass is 10.0. The van der Waals surface area contributed by atoms with Crippen LogP contribution in [0.15, 0.2) is 78.9 Å². The SMILES string of the molecule is C[C@@H](OC(=O)c1ccc(C(=O)c2ccccc2)cc1)C(=O)Nc1ccccc1F. The van der Waals surface area contributed by atoms with Crippen molar-refractivity contribution in [3.8, 4) is 0 Å². The molecule has 0 radical (unpaired) electrons. The molecule has 0 bridgehead atoms. The number of esters is 1. The minimum atomic E-state index is -1.13. The first-order valence-electron chi connectivity index (χ1n) is 8.92. The molecule has 1 amide bonds. The van der Waals surface area contributed by atoms with Crippen LogP contribution < -0.4 is 5.32 Å². The summed E-state index contributed by atoms with van der Waals surface area (Å²) in [5.74, 6) is -2.12. The summed E-state index contributed by atoms with van der Waals surface area (Å²) in [5.41, 5.74) is 1.17. The maximum Gasteiger partial charge on any atom is 0.338 e. The minimum Gasteiger partial charge on any atom is -0.449 e. The molecule has 0 fully saturated rings. The Balaban J connectivity index is 1.62. The maximum absolute atomic E-state index is 13.6. The highest BCUT2D eigenvalue weighted by Crippen LogP contribution is 2.15. The van der Waals surface area contributed by atoms with Crippen LogP contribution in [-0.2, 0) is 9.53 Å². The van der Waals surface area contributed by atoms with Crippen molar-refractivity contribution in [2.24, 2.45) is 0 Å². The van der Waals surface area contributed by atoms with Gasteiger partial charge in [-0.3, -0.25) is 9.59 Å². The number of para-hydroxylation sites is 1. The molecule has 3 aromatic rings. The summed E-state index contributed by atoms with van der Waals surface area (Å²) in [6, 6.07) is 20.4. The van der Waals surface area contributed by atoms with Crippen LogP contribution in [-0.4, -0.2) is 23.8 Å². The summed E-state index contributed by atoms with van der Waals surface area (Å²) in [6.07, 6.45) is -1.13. The Morgan fingerprint density at radius 1 is 0.793 bits per heavy atom. The van der Waals surface area contributed by atoms with Crippen molar-refractivity contribution in [2.45, 2.75) is 13.0 Å². The molecule has 29 heavy (non-hydrogen) atoms. The van der Waals surface area contributed by atoms with Gasteiger partial charge in [0.15, 0.2) is 11.9 Å². The van der Waals surface area contributed by atoms with E-state index in [2.05, 4.69) is 5.32 Å². The van der Waals surface area contributed by atoms with E-state index in [4.69, 9.17) is 4.74 Å². The van der Waals surface area contributed by atoms with Gasteiger partial charge in [0.2, 0.25) is 0 Å². The number of carbonyl (C=O) groups is 3. The van der Waals surface area contributed by atoms with Crippen LogP contribution >= 0.6 is 0 Å². The van der Waals surface area contributed by atoms with E-state index in [1.807, 2.05) is 6.07 Å². The predicted molar refractivity (Wildman–Crippen MR) is 106 cm³/mol. The summed E-state index contributed by atoms with van der Waals surface area (Å²) in [4.78, 5) is 36.8. The quantitative estimate of drug-likeness (QED) is 0.504. The smallest absolute Gasteiger partial charge is 0.338 e. The van der Waals surface area contributed by atoms with Gasteiger partial charge in [-0.15, -0.1) is 0 Å². The number of hydrogen-bond donors (Lipinski definition) is 1. The monoisotopic (exact) mass is 391 g/mol. The molecular formula is C23H18FNO4. The standard InChI is InChI=1S/C23H18FNO4/c1-15(22(27)25-20-10-6-5-9-19(20)24)29-23(28)18-13-11-17(12-14-18)21(26)16-7-3-2-4-8-16/h2-15H,1H3,(H,25,27)/t15-/m1/s1. The highest BCUT2D eigenvalue weighted by atomic mass is 19.1. The Labute approximate surface area is 167 Å². The number of rotatable bonds is 6. The first kappa shape index (κ1) is 19.9. The van der Waals surface area contributed by atoms with Crippen molar-refractivity contribution in [2.75, 3.05) is 5.32 Å². The summed E-state index contributed by atoms with van der Waals surface area (Å²) in [5, 5.41) is 2.37. The Morgan fingerprint density at radius 2 is 1.34 bits per heavy atom. The highest BCUT2D eigenvalue weighted by molar-refractivity contribution is 6.09. The van der Waals surface area contributed by atoms with Crippen LogP contribution in [0, 0.1) is 5.82 Å². The van der Waals surface area contributed by atoms with Crippen molar-refractivity contribution >= 4 is 23.3 Å². The van der Waals surface area contributed by atoms with E-state index in [1.54, 1.807) is 30.3 Å². The van der Waals surface area contributed by atoms with Gasteiger partial charge in [-0.05, 0) is 31.2 Å². The lowest BCUT2D eigenvalue weighted by Gasteiger charge is -2.14. The molecule has 0 aliphatic rings. The molecule has 0 saturated heterocycles. The first-order valence-corrected chi connectivity index (χ1v) is 8.92. The fourth-order valence-corrected chi connectivity index (χ4v) is 2.59. The molecule has 0 unspecified atom stereocenters. The second kappa shape index (κ2) is 8.93. The molecule has 3 rings (SSSR count). The molecule has 0 saturated carbocycles.